The highest BCUT2D eigenvalue weighted by molar-refractivity contribution is 6.48. The van der Waals surface area contributed by atoms with Gasteiger partial charge in [-0.15, -0.1) is 0 Å². The van der Waals surface area contributed by atoms with Gasteiger partial charge in [0.15, 0.2) is 0 Å². The van der Waals surface area contributed by atoms with Crippen LogP contribution in [0.5, 0.6) is 0 Å². The number of carbonyl (C=O) groups excluding carboxylic acids is 3. The number of unbranched alkanes of at least 4 members (excludes halogenated alkanes) is 1. The molecule has 3 saturated carbocycles. The number of ether oxygens (including phenoxy) is 1. The molecule has 1 heterocycles. The fourth-order valence-electron chi connectivity index (χ4n) is 7.25. The highest BCUT2D eigenvalue weighted by atomic mass is 16.7. The van der Waals surface area contributed by atoms with E-state index in [1.54, 1.807) is 32.9 Å². The normalized spacial score (nSPS) is 26.7. The minimum absolute atomic E-state index is 0.0135. The summed E-state index contributed by atoms with van der Waals surface area (Å²) >= 11 is 0. The summed E-state index contributed by atoms with van der Waals surface area (Å²) in [6.45, 7) is 18.3. The molecule has 3 aliphatic carbocycles. The third-order valence-electron chi connectivity index (χ3n) is 9.86. The van der Waals surface area contributed by atoms with Crippen molar-refractivity contribution in [2.75, 3.05) is 6.54 Å². The van der Waals surface area contributed by atoms with Crippen molar-refractivity contribution in [1.82, 2.24) is 16.0 Å². The lowest BCUT2D eigenvalue weighted by molar-refractivity contribution is -0.199. The Bertz CT molecular complexity index is 1180. The number of amides is 3. The lowest BCUT2D eigenvalue weighted by Crippen LogP contribution is -2.65. The van der Waals surface area contributed by atoms with Crippen molar-refractivity contribution in [3.05, 3.63) is 35.4 Å². The molecular weight excluding hydrogens is 557 g/mol. The molecule has 5 rings (SSSR count). The number of hydrogen-bond acceptors (Lipinski definition) is 6. The Hall–Kier alpha value is -2.59. The Kier molecular flexibility index (Phi) is 10.5. The van der Waals surface area contributed by atoms with Crippen molar-refractivity contribution in [1.29, 1.82) is 0 Å². The number of carbonyl (C=O) groups is 3. The quantitative estimate of drug-likeness (QED) is 0.271. The lowest BCUT2D eigenvalue weighted by atomic mass is 9.43. The number of rotatable bonds is 12. The van der Waals surface area contributed by atoms with Crippen molar-refractivity contribution in [2.24, 2.45) is 23.2 Å². The van der Waals surface area contributed by atoms with Gasteiger partial charge in [-0.25, -0.2) is 4.79 Å². The van der Waals surface area contributed by atoms with Gasteiger partial charge in [-0.05, 0) is 101 Å². The van der Waals surface area contributed by atoms with E-state index in [-0.39, 0.29) is 24.0 Å². The topological polar surface area (TPSA) is 115 Å². The van der Waals surface area contributed by atoms with Gasteiger partial charge in [0.2, 0.25) is 5.91 Å². The van der Waals surface area contributed by atoms with Gasteiger partial charge in [-0.3, -0.25) is 9.59 Å². The molecule has 244 valence electrons. The van der Waals surface area contributed by atoms with E-state index in [1.165, 1.54) is 0 Å². The van der Waals surface area contributed by atoms with Gasteiger partial charge < -0.3 is 30.0 Å². The highest BCUT2D eigenvalue weighted by Crippen LogP contribution is 2.65. The lowest BCUT2D eigenvalue weighted by Gasteiger charge is -2.64. The molecule has 0 radical (unpaired) electrons. The standard InChI is InChI=1S/C34H54BN3O6/c1-10-11-12-22-13-15-23(16-14-22)29(39)37-25(20-36-31(41)42-32(4,5)6)30(40)38-28(17-21(2)3)35-43-27-19-24-18-26(33(24,7)8)34(27,9)44-35/h13-16,21,24-28H,10-12,17-20H2,1-9H3,(H,36,41)(H,37,39)(H,38,40)/t24-,25+,26-,27-,28+,34+/m1/s1. The van der Waals surface area contributed by atoms with E-state index in [1.807, 2.05) is 12.1 Å². The molecule has 6 atom stereocenters. The van der Waals surface area contributed by atoms with Crippen LogP contribution in [0.15, 0.2) is 24.3 Å². The van der Waals surface area contributed by atoms with Crippen LogP contribution in [0.1, 0.15) is 110 Å². The molecule has 0 spiro atoms. The highest BCUT2D eigenvalue weighted by Gasteiger charge is 2.68. The van der Waals surface area contributed by atoms with E-state index < -0.39 is 48.2 Å². The van der Waals surface area contributed by atoms with Crippen molar-refractivity contribution in [3.8, 4) is 0 Å². The summed E-state index contributed by atoms with van der Waals surface area (Å²) < 4.78 is 18.6. The van der Waals surface area contributed by atoms with Crippen LogP contribution in [-0.4, -0.2) is 60.9 Å². The summed E-state index contributed by atoms with van der Waals surface area (Å²) in [5.41, 5.74) is 0.703. The summed E-state index contributed by atoms with van der Waals surface area (Å²) in [7, 11) is -0.600. The van der Waals surface area contributed by atoms with E-state index in [0.29, 0.717) is 23.8 Å². The maximum atomic E-state index is 13.9. The summed E-state index contributed by atoms with van der Waals surface area (Å²) in [6.07, 6.45) is 5.17. The van der Waals surface area contributed by atoms with Gasteiger partial charge in [0, 0.05) is 5.56 Å². The molecule has 1 aromatic rings. The van der Waals surface area contributed by atoms with Gasteiger partial charge in [0.1, 0.15) is 11.6 Å². The first-order valence-corrected chi connectivity index (χ1v) is 16.5. The molecule has 3 amide bonds. The minimum atomic E-state index is -1.05. The summed E-state index contributed by atoms with van der Waals surface area (Å²) in [5.74, 6) is 0.0306. The second-order valence-electron chi connectivity index (χ2n) is 15.3. The first-order valence-electron chi connectivity index (χ1n) is 16.5. The van der Waals surface area contributed by atoms with Crippen LogP contribution in [0, 0.1) is 23.2 Å². The largest absolute Gasteiger partial charge is 0.481 e. The van der Waals surface area contributed by atoms with Crippen LogP contribution in [0.3, 0.4) is 0 Å². The number of benzene rings is 1. The SMILES string of the molecule is CCCCc1ccc(C(=O)N[C@@H](CNC(=O)OC(C)(C)C)C(=O)N[C@@H](CC(C)C)B2O[C@@H]3C[C@H]4C[C@H](C4(C)C)[C@]3(C)O2)cc1. The minimum Gasteiger partial charge on any atom is -0.444 e. The molecule has 1 aromatic carbocycles. The average molecular weight is 612 g/mol. The van der Waals surface area contributed by atoms with Crippen LogP contribution in [-0.2, 0) is 25.3 Å². The monoisotopic (exact) mass is 611 g/mol. The van der Waals surface area contributed by atoms with Crippen molar-refractivity contribution in [2.45, 2.75) is 130 Å². The van der Waals surface area contributed by atoms with E-state index in [2.05, 4.69) is 57.5 Å². The van der Waals surface area contributed by atoms with Crippen LogP contribution in [0.25, 0.3) is 0 Å². The van der Waals surface area contributed by atoms with Crippen molar-refractivity contribution in [3.63, 3.8) is 0 Å². The molecule has 4 aliphatic rings. The Balaban J connectivity index is 1.48. The summed E-state index contributed by atoms with van der Waals surface area (Å²) in [4.78, 5) is 39.7. The predicted molar refractivity (Wildman–Crippen MR) is 172 cm³/mol. The van der Waals surface area contributed by atoms with Gasteiger partial charge in [0.25, 0.3) is 5.91 Å². The van der Waals surface area contributed by atoms with Crippen LogP contribution in [0.4, 0.5) is 4.79 Å². The zero-order chi connectivity index (χ0) is 32.4. The number of nitrogens with one attached hydrogen (secondary N) is 3. The smallest absolute Gasteiger partial charge is 0.444 e. The zero-order valence-electron chi connectivity index (χ0n) is 28.3. The molecule has 1 saturated heterocycles. The van der Waals surface area contributed by atoms with E-state index in [4.69, 9.17) is 14.0 Å². The second-order valence-corrected chi connectivity index (χ2v) is 15.3. The molecule has 9 nitrogen and oxygen atoms in total. The van der Waals surface area contributed by atoms with Gasteiger partial charge in [0.05, 0.1) is 24.2 Å². The van der Waals surface area contributed by atoms with Gasteiger partial charge >= 0.3 is 13.2 Å². The third-order valence-corrected chi connectivity index (χ3v) is 9.86. The fraction of sp³-hybridized carbons (Fsp3) is 0.735. The number of hydrogen-bond donors (Lipinski definition) is 3. The van der Waals surface area contributed by atoms with E-state index >= 15 is 0 Å². The molecule has 44 heavy (non-hydrogen) atoms. The third kappa shape index (κ3) is 7.79. The summed E-state index contributed by atoms with van der Waals surface area (Å²) in [6, 6.07) is 6.38. The second kappa shape index (κ2) is 13.4. The fourth-order valence-corrected chi connectivity index (χ4v) is 7.25. The summed E-state index contributed by atoms with van der Waals surface area (Å²) in [5, 5.41) is 8.63. The van der Waals surface area contributed by atoms with E-state index in [9.17, 15) is 14.4 Å². The number of aryl methyl sites for hydroxylation is 1. The van der Waals surface area contributed by atoms with E-state index in [0.717, 1.165) is 37.7 Å². The Labute approximate surface area is 264 Å². The van der Waals surface area contributed by atoms with Gasteiger partial charge in [-0.2, -0.15) is 0 Å². The van der Waals surface area contributed by atoms with Crippen molar-refractivity contribution < 1.29 is 28.4 Å². The molecule has 1 aliphatic heterocycles. The first-order chi connectivity index (χ1) is 20.5. The Morgan fingerprint density at radius 1 is 1.07 bits per heavy atom. The zero-order valence-corrected chi connectivity index (χ0v) is 28.3. The van der Waals surface area contributed by atoms with Crippen molar-refractivity contribution >= 4 is 25.0 Å². The predicted octanol–water partition coefficient (Wildman–Crippen LogP) is 5.45. The molecule has 0 unspecified atom stereocenters. The van der Waals surface area contributed by atoms with Crippen LogP contribution < -0.4 is 16.0 Å². The first kappa shape index (κ1) is 34.3. The maximum Gasteiger partial charge on any atom is 0.481 e. The number of alkyl carbamates (subject to hydrolysis) is 1. The maximum absolute atomic E-state index is 13.9. The van der Waals surface area contributed by atoms with Gasteiger partial charge in [-0.1, -0.05) is 53.2 Å². The Morgan fingerprint density at radius 3 is 2.34 bits per heavy atom. The molecule has 0 aromatic heterocycles. The Morgan fingerprint density at radius 2 is 1.75 bits per heavy atom. The van der Waals surface area contributed by atoms with Crippen LogP contribution >= 0.6 is 0 Å². The molecular formula is C34H54BN3O6. The molecule has 10 heteroatoms. The molecule has 2 bridgehead atoms. The molecule has 3 N–H and O–H groups in total. The average Bonchev–Trinajstić information content (AvgIpc) is 3.29. The molecule has 4 fully saturated rings. The van der Waals surface area contributed by atoms with Crippen LogP contribution in [0.2, 0.25) is 0 Å².